The molecule has 1 aliphatic carbocycles. The number of H-pyrrole nitrogens is 1. The lowest BCUT2D eigenvalue weighted by molar-refractivity contribution is 0.483. The maximum atomic E-state index is 5.48. The Hall–Kier alpha value is -1.48. The molecule has 1 aliphatic rings. The van der Waals surface area contributed by atoms with E-state index in [1.165, 1.54) is 12.8 Å². The third kappa shape index (κ3) is 1.83. The lowest BCUT2D eigenvalue weighted by Crippen LogP contribution is -2.15. The molecule has 3 rings (SSSR count). The van der Waals surface area contributed by atoms with Gasteiger partial charge in [0.15, 0.2) is 0 Å². The van der Waals surface area contributed by atoms with Crippen molar-refractivity contribution < 1.29 is 4.42 Å². The van der Waals surface area contributed by atoms with Crippen LogP contribution >= 0.6 is 0 Å². The van der Waals surface area contributed by atoms with Crippen molar-refractivity contribution in [2.75, 3.05) is 0 Å². The van der Waals surface area contributed by atoms with E-state index in [-0.39, 0.29) is 0 Å². The molecule has 3 nitrogen and oxygen atoms in total. The van der Waals surface area contributed by atoms with Gasteiger partial charge in [-0.1, -0.05) is 0 Å². The maximum absolute atomic E-state index is 5.48. The Morgan fingerprint density at radius 1 is 1.40 bits per heavy atom. The van der Waals surface area contributed by atoms with E-state index < -0.39 is 0 Å². The van der Waals surface area contributed by atoms with Crippen molar-refractivity contribution in [3.63, 3.8) is 0 Å². The minimum Gasteiger partial charge on any atom is -0.467 e. The molecular formula is C12H14N2O. The van der Waals surface area contributed by atoms with Gasteiger partial charge in [0.25, 0.3) is 0 Å². The Morgan fingerprint density at radius 3 is 3.07 bits per heavy atom. The van der Waals surface area contributed by atoms with Gasteiger partial charge in [0.05, 0.1) is 12.8 Å². The first-order valence-electron chi connectivity index (χ1n) is 5.37. The van der Waals surface area contributed by atoms with E-state index in [4.69, 9.17) is 4.42 Å². The fourth-order valence-corrected chi connectivity index (χ4v) is 1.74. The number of nitrogens with one attached hydrogen (secondary N) is 2. The second-order valence-electron chi connectivity index (χ2n) is 4.00. The van der Waals surface area contributed by atoms with Crippen LogP contribution in [-0.2, 0) is 6.54 Å². The van der Waals surface area contributed by atoms with E-state index in [0.29, 0.717) is 6.04 Å². The first-order chi connectivity index (χ1) is 7.43. The average Bonchev–Trinajstić information content (AvgIpc) is 2.79. The third-order valence-electron chi connectivity index (χ3n) is 2.76. The highest BCUT2D eigenvalue weighted by Gasteiger charge is 2.21. The lowest BCUT2D eigenvalue weighted by Gasteiger charge is -2.02. The Labute approximate surface area is 88.5 Å². The van der Waals surface area contributed by atoms with Gasteiger partial charge in [-0.15, -0.1) is 0 Å². The van der Waals surface area contributed by atoms with Gasteiger partial charge in [0, 0.05) is 23.5 Å². The summed E-state index contributed by atoms with van der Waals surface area (Å²) in [6, 6.07) is 6.79. The first kappa shape index (κ1) is 8.80. The fourth-order valence-electron chi connectivity index (χ4n) is 1.74. The van der Waals surface area contributed by atoms with Gasteiger partial charge in [-0.3, -0.25) is 0 Å². The molecule has 0 atom stereocenters. The van der Waals surface area contributed by atoms with Crippen LogP contribution in [0.25, 0.3) is 11.3 Å². The van der Waals surface area contributed by atoms with Crippen molar-refractivity contribution in [1.82, 2.24) is 10.3 Å². The van der Waals surface area contributed by atoms with E-state index in [9.17, 15) is 0 Å². The molecule has 1 fully saturated rings. The molecule has 0 saturated heterocycles. The molecule has 2 heterocycles. The van der Waals surface area contributed by atoms with Crippen molar-refractivity contribution in [2.24, 2.45) is 0 Å². The molecule has 2 N–H and O–H groups in total. The Kier molecular flexibility index (Phi) is 2.10. The fraction of sp³-hybridized carbons (Fsp3) is 0.333. The smallest absolute Gasteiger partial charge is 0.126 e. The summed E-state index contributed by atoms with van der Waals surface area (Å²) in [5.74, 6) is 1.02. The molecule has 2 aromatic rings. The van der Waals surface area contributed by atoms with E-state index in [0.717, 1.165) is 23.6 Å². The van der Waals surface area contributed by atoms with Crippen LogP contribution in [0.3, 0.4) is 0 Å². The Morgan fingerprint density at radius 2 is 2.33 bits per heavy atom. The largest absolute Gasteiger partial charge is 0.467 e. The van der Waals surface area contributed by atoms with E-state index in [1.807, 2.05) is 18.3 Å². The summed E-state index contributed by atoms with van der Waals surface area (Å²) >= 11 is 0. The van der Waals surface area contributed by atoms with Crippen LogP contribution in [0.1, 0.15) is 18.6 Å². The molecule has 78 valence electrons. The topological polar surface area (TPSA) is 41.0 Å². The molecule has 0 bridgehead atoms. The highest BCUT2D eigenvalue weighted by Crippen LogP contribution is 2.25. The van der Waals surface area contributed by atoms with Crippen LogP contribution in [0.4, 0.5) is 0 Å². The number of hydrogen-bond donors (Lipinski definition) is 2. The van der Waals surface area contributed by atoms with Crippen molar-refractivity contribution >= 4 is 0 Å². The quantitative estimate of drug-likeness (QED) is 0.799. The van der Waals surface area contributed by atoms with Gasteiger partial charge in [-0.05, 0) is 31.0 Å². The molecule has 0 spiro atoms. The molecule has 2 aromatic heterocycles. The van der Waals surface area contributed by atoms with E-state index in [1.54, 1.807) is 6.26 Å². The van der Waals surface area contributed by atoms with E-state index >= 15 is 0 Å². The molecule has 0 aromatic carbocycles. The number of hydrogen-bond acceptors (Lipinski definition) is 2. The summed E-state index contributed by atoms with van der Waals surface area (Å²) in [5.41, 5.74) is 2.28. The summed E-state index contributed by atoms with van der Waals surface area (Å²) in [5, 5.41) is 3.45. The number of rotatable bonds is 4. The van der Waals surface area contributed by atoms with Gasteiger partial charge in [-0.2, -0.15) is 0 Å². The van der Waals surface area contributed by atoms with Crippen molar-refractivity contribution in [3.8, 4) is 11.3 Å². The number of furan rings is 1. The van der Waals surface area contributed by atoms with Gasteiger partial charge in [-0.25, -0.2) is 0 Å². The van der Waals surface area contributed by atoms with Crippen molar-refractivity contribution in [2.45, 2.75) is 25.4 Å². The first-order valence-corrected chi connectivity index (χ1v) is 5.37. The lowest BCUT2D eigenvalue weighted by atomic mass is 10.2. The summed E-state index contributed by atoms with van der Waals surface area (Å²) in [6.45, 7) is 0.825. The average molecular weight is 202 g/mol. The normalized spacial score (nSPS) is 15.7. The van der Waals surface area contributed by atoms with Crippen LogP contribution in [-0.4, -0.2) is 11.0 Å². The van der Waals surface area contributed by atoms with Crippen molar-refractivity contribution in [1.29, 1.82) is 0 Å². The van der Waals surface area contributed by atoms with Crippen LogP contribution < -0.4 is 5.32 Å². The molecule has 0 aliphatic heterocycles. The molecular weight excluding hydrogens is 188 g/mol. The zero-order chi connectivity index (χ0) is 10.1. The Bertz CT molecular complexity index is 426. The zero-order valence-corrected chi connectivity index (χ0v) is 8.49. The molecule has 0 unspecified atom stereocenters. The minimum atomic E-state index is 0.714. The van der Waals surface area contributed by atoms with Crippen LogP contribution in [0.2, 0.25) is 0 Å². The molecule has 1 saturated carbocycles. The van der Waals surface area contributed by atoms with Crippen molar-refractivity contribution in [3.05, 3.63) is 36.4 Å². The third-order valence-corrected chi connectivity index (χ3v) is 2.76. The zero-order valence-electron chi connectivity index (χ0n) is 8.49. The van der Waals surface area contributed by atoms with Crippen LogP contribution in [0.15, 0.2) is 35.1 Å². The highest BCUT2D eigenvalue weighted by atomic mass is 16.3. The van der Waals surface area contributed by atoms with Crippen LogP contribution in [0.5, 0.6) is 0 Å². The van der Waals surface area contributed by atoms with E-state index in [2.05, 4.69) is 16.4 Å². The molecule has 15 heavy (non-hydrogen) atoms. The summed E-state index contributed by atoms with van der Waals surface area (Å²) in [6.07, 6.45) is 6.29. The van der Waals surface area contributed by atoms with Crippen LogP contribution in [0, 0.1) is 0 Å². The Balaban J connectivity index is 1.79. The van der Waals surface area contributed by atoms with Gasteiger partial charge in [0.1, 0.15) is 5.76 Å². The number of aromatic nitrogens is 1. The molecule has 0 amide bonds. The second kappa shape index (κ2) is 3.59. The second-order valence-corrected chi connectivity index (χ2v) is 4.00. The van der Waals surface area contributed by atoms with Gasteiger partial charge >= 0.3 is 0 Å². The monoisotopic (exact) mass is 202 g/mol. The minimum absolute atomic E-state index is 0.714. The predicted octanol–water partition coefficient (Wildman–Crippen LogP) is 2.53. The standard InChI is InChI=1S/C12H14N2O/c1-2-11(13-6-1)10-5-7-15-12(10)8-14-9-3-4-9/h1-2,5-7,9,13-14H,3-4,8H2. The highest BCUT2D eigenvalue weighted by molar-refractivity contribution is 5.61. The summed E-state index contributed by atoms with van der Waals surface area (Å²) in [4.78, 5) is 3.20. The predicted molar refractivity (Wildman–Crippen MR) is 58.4 cm³/mol. The summed E-state index contributed by atoms with van der Waals surface area (Å²) in [7, 11) is 0. The van der Waals surface area contributed by atoms with Gasteiger partial charge < -0.3 is 14.7 Å². The maximum Gasteiger partial charge on any atom is 0.126 e. The SMILES string of the molecule is c1c[nH]c(-c2ccoc2CNC2CC2)c1. The summed E-state index contributed by atoms with van der Waals surface area (Å²) < 4.78 is 5.48. The molecule has 0 radical (unpaired) electrons. The number of aromatic amines is 1. The van der Waals surface area contributed by atoms with Gasteiger partial charge in [0.2, 0.25) is 0 Å². The molecule has 3 heteroatoms.